The fourth-order valence-corrected chi connectivity index (χ4v) is 7.34. The molecule has 11 heteroatoms. The fourth-order valence-electron chi connectivity index (χ4n) is 3.66. The molecule has 0 radical (unpaired) electrons. The van der Waals surface area contributed by atoms with Gasteiger partial charge in [-0.2, -0.15) is 3.71 Å². The smallest absolute Gasteiger partial charge is 0.343 e. The predicted molar refractivity (Wildman–Crippen MR) is 143 cm³/mol. The topological polar surface area (TPSA) is 139 Å². The Kier molecular flexibility index (Phi) is 7.25. The van der Waals surface area contributed by atoms with E-state index in [2.05, 4.69) is 0 Å². The Hall–Kier alpha value is -4.22. The molecule has 0 saturated carbocycles. The summed E-state index contributed by atoms with van der Waals surface area (Å²) >= 11 is 0. The van der Waals surface area contributed by atoms with Crippen molar-refractivity contribution in [1.29, 1.82) is 0 Å². The molecule has 1 N–H and O–H groups in total. The number of aliphatic carboxylic acids is 1. The Morgan fingerprint density at radius 3 is 1.87 bits per heavy atom. The minimum Gasteiger partial charge on any atom is -0.481 e. The van der Waals surface area contributed by atoms with E-state index in [0.29, 0.717) is 3.71 Å². The Morgan fingerprint density at radius 1 is 0.842 bits per heavy atom. The van der Waals surface area contributed by atoms with E-state index in [1.165, 1.54) is 60.7 Å². The average molecular weight is 554 g/mol. The van der Waals surface area contributed by atoms with Crippen molar-refractivity contribution in [3.63, 3.8) is 0 Å². The molecule has 1 heterocycles. The normalized spacial score (nSPS) is 12.2. The van der Waals surface area contributed by atoms with E-state index in [1.807, 2.05) is 0 Å². The van der Waals surface area contributed by atoms with Crippen LogP contribution in [0.15, 0.2) is 97.9 Å². The lowest BCUT2D eigenvalue weighted by Gasteiger charge is -2.24. The van der Waals surface area contributed by atoms with Crippen molar-refractivity contribution in [2.24, 2.45) is 0 Å². The third-order valence-electron chi connectivity index (χ3n) is 5.62. The molecule has 0 fully saturated rings. The van der Waals surface area contributed by atoms with Gasteiger partial charge in [-0.3, -0.25) is 4.79 Å². The van der Waals surface area contributed by atoms with Crippen LogP contribution in [0.1, 0.15) is 23.1 Å². The predicted octanol–water partition coefficient (Wildman–Crippen LogP) is 4.48. The maximum absolute atomic E-state index is 13.8. The zero-order chi connectivity index (χ0) is 27.7. The van der Waals surface area contributed by atoms with Gasteiger partial charge in [-0.15, -0.1) is 0 Å². The molecule has 38 heavy (non-hydrogen) atoms. The van der Waals surface area contributed by atoms with Gasteiger partial charge in [0.2, 0.25) is 0 Å². The number of nitrogens with zero attached hydrogens (tertiary/aromatic N) is 1. The third kappa shape index (κ3) is 5.38. The highest BCUT2D eigenvalue weighted by Gasteiger charge is 2.37. The van der Waals surface area contributed by atoms with Gasteiger partial charge in [-0.05, 0) is 62.4 Å². The number of carboxylic acid groups (broad SMARTS) is 1. The van der Waals surface area contributed by atoms with Crippen molar-refractivity contribution in [2.75, 3.05) is 3.71 Å². The van der Waals surface area contributed by atoms with E-state index < -0.39 is 31.6 Å². The van der Waals surface area contributed by atoms with Crippen LogP contribution in [-0.2, 0) is 24.8 Å². The van der Waals surface area contributed by atoms with Crippen LogP contribution in [0.2, 0.25) is 0 Å². The molecule has 9 nitrogen and oxygen atoms in total. The lowest BCUT2D eigenvalue weighted by molar-refractivity contribution is -0.135. The molecule has 3 aromatic carbocycles. The fraction of sp³-hybridized carbons (Fsp3) is 0.111. The number of hydrogen-bond acceptors (Lipinski definition) is 7. The second-order valence-corrected chi connectivity index (χ2v) is 12.3. The molecular weight excluding hydrogens is 530 g/mol. The van der Waals surface area contributed by atoms with Crippen LogP contribution in [0.3, 0.4) is 0 Å². The Morgan fingerprint density at radius 2 is 1.37 bits per heavy atom. The van der Waals surface area contributed by atoms with E-state index in [9.17, 15) is 26.4 Å². The van der Waals surface area contributed by atoms with Gasteiger partial charge in [0.25, 0.3) is 20.0 Å². The van der Waals surface area contributed by atoms with Gasteiger partial charge in [0.15, 0.2) is 0 Å². The Balaban J connectivity index is 1.94. The standard InChI is InChI=1S/C27H23NO8S2/c1-18-6-11-23(12-7-18)37(32,33)28(38(34,35)24-13-8-19(2)9-14-24)22-10-15-25-21(17-22)16-20(27(31)36-25)4-3-5-26(29)30/h3-4,6-17H,5H2,1-2H3,(H,29,30)/b4-3+. The first-order valence-electron chi connectivity index (χ1n) is 11.3. The van der Waals surface area contributed by atoms with Crippen molar-refractivity contribution in [3.05, 3.63) is 106 Å². The van der Waals surface area contributed by atoms with Crippen LogP contribution < -0.4 is 9.34 Å². The minimum absolute atomic E-state index is 0.0187. The summed E-state index contributed by atoms with van der Waals surface area (Å²) in [6.07, 6.45) is 2.21. The van der Waals surface area contributed by atoms with Crippen LogP contribution in [0.5, 0.6) is 0 Å². The van der Waals surface area contributed by atoms with Crippen LogP contribution in [0, 0.1) is 13.8 Å². The Labute approximate surface area is 219 Å². The molecule has 0 unspecified atom stereocenters. The van der Waals surface area contributed by atoms with E-state index in [-0.39, 0.29) is 38.4 Å². The summed E-state index contributed by atoms with van der Waals surface area (Å²) in [6.45, 7) is 3.55. The number of sulfonamides is 2. The number of hydrogen-bond donors (Lipinski definition) is 1. The van der Waals surface area contributed by atoms with Gasteiger partial charge in [0.05, 0.1) is 27.5 Å². The van der Waals surface area contributed by atoms with Crippen LogP contribution in [0.4, 0.5) is 5.69 Å². The lowest BCUT2D eigenvalue weighted by Crippen LogP contribution is -2.37. The molecule has 0 saturated heterocycles. The van der Waals surface area contributed by atoms with Crippen LogP contribution >= 0.6 is 0 Å². The molecule has 0 bridgehead atoms. The summed E-state index contributed by atoms with van der Waals surface area (Å²) in [5.74, 6) is -1.09. The molecule has 0 aliphatic carbocycles. The number of anilines is 1. The molecule has 4 rings (SSSR count). The highest BCUT2D eigenvalue weighted by atomic mass is 32.3. The molecule has 0 amide bonds. The molecule has 4 aromatic rings. The number of carbonyl (C=O) groups is 1. The summed E-state index contributed by atoms with van der Waals surface area (Å²) in [6, 6.07) is 16.8. The van der Waals surface area contributed by atoms with Crippen molar-refractivity contribution in [1.82, 2.24) is 0 Å². The second-order valence-electron chi connectivity index (χ2n) is 8.54. The highest BCUT2D eigenvalue weighted by molar-refractivity contribution is 8.10. The highest BCUT2D eigenvalue weighted by Crippen LogP contribution is 2.33. The number of fused-ring (bicyclic) bond motifs is 1. The van der Waals surface area contributed by atoms with Crippen LogP contribution in [0.25, 0.3) is 17.0 Å². The van der Waals surface area contributed by atoms with Crippen LogP contribution in [-0.4, -0.2) is 27.9 Å². The minimum atomic E-state index is -4.62. The number of aryl methyl sites for hydroxylation is 2. The summed E-state index contributed by atoms with van der Waals surface area (Å²) < 4.78 is 60.8. The summed E-state index contributed by atoms with van der Waals surface area (Å²) in [4.78, 5) is 22.6. The molecule has 1 aromatic heterocycles. The first kappa shape index (κ1) is 26.8. The van der Waals surface area contributed by atoms with E-state index in [4.69, 9.17) is 9.52 Å². The molecule has 0 aliphatic rings. The van der Waals surface area contributed by atoms with Gasteiger partial charge < -0.3 is 9.52 Å². The SMILES string of the molecule is Cc1ccc(S(=O)(=O)N(c2ccc3oc(=O)c(/C=C/CC(=O)O)cc3c2)S(=O)(=O)c2ccc(C)cc2)cc1. The van der Waals surface area contributed by atoms with Crippen molar-refractivity contribution in [3.8, 4) is 0 Å². The van der Waals surface area contributed by atoms with Gasteiger partial charge in [-0.25, -0.2) is 21.6 Å². The first-order chi connectivity index (χ1) is 17.9. The Bertz CT molecular complexity index is 1750. The second kappa shape index (κ2) is 10.3. The van der Waals surface area contributed by atoms with Crippen molar-refractivity contribution in [2.45, 2.75) is 30.1 Å². The maximum Gasteiger partial charge on any atom is 0.343 e. The summed E-state index contributed by atoms with van der Waals surface area (Å²) in [5.41, 5.74) is 0.762. The van der Waals surface area contributed by atoms with E-state index in [0.717, 1.165) is 11.1 Å². The molecule has 0 aliphatic heterocycles. The zero-order valence-electron chi connectivity index (χ0n) is 20.4. The third-order valence-corrected chi connectivity index (χ3v) is 9.83. The van der Waals surface area contributed by atoms with Crippen molar-refractivity contribution >= 4 is 48.7 Å². The molecule has 0 spiro atoms. The van der Waals surface area contributed by atoms with E-state index in [1.54, 1.807) is 38.1 Å². The van der Waals surface area contributed by atoms with E-state index >= 15 is 0 Å². The zero-order valence-corrected chi connectivity index (χ0v) is 22.0. The number of rotatable bonds is 8. The average Bonchev–Trinajstić information content (AvgIpc) is 2.84. The monoisotopic (exact) mass is 553 g/mol. The lowest BCUT2D eigenvalue weighted by atomic mass is 10.1. The van der Waals surface area contributed by atoms with Gasteiger partial charge >= 0.3 is 11.6 Å². The number of carboxylic acids is 1. The van der Waals surface area contributed by atoms with Gasteiger partial charge in [-0.1, -0.05) is 47.5 Å². The summed E-state index contributed by atoms with van der Waals surface area (Å²) in [5, 5.41) is 9.07. The molecule has 196 valence electrons. The molecule has 0 atom stereocenters. The summed E-state index contributed by atoms with van der Waals surface area (Å²) in [7, 11) is -9.25. The van der Waals surface area contributed by atoms with Crippen molar-refractivity contribution < 1.29 is 31.2 Å². The van der Waals surface area contributed by atoms with Gasteiger partial charge in [0, 0.05) is 5.39 Å². The number of benzene rings is 3. The molecular formula is C27H23NO8S2. The largest absolute Gasteiger partial charge is 0.481 e. The first-order valence-corrected chi connectivity index (χ1v) is 14.2. The maximum atomic E-state index is 13.8. The quantitative estimate of drug-likeness (QED) is 0.315. The van der Waals surface area contributed by atoms with Gasteiger partial charge in [0.1, 0.15) is 5.58 Å².